The topological polar surface area (TPSA) is 145 Å². The van der Waals surface area contributed by atoms with E-state index >= 15 is 0 Å². The predicted octanol–water partition coefficient (Wildman–Crippen LogP) is -0.470. The average molecular weight is 465 g/mol. The lowest BCUT2D eigenvalue weighted by Gasteiger charge is -2.14. The molecule has 0 saturated heterocycles. The summed E-state index contributed by atoms with van der Waals surface area (Å²) in [6.07, 6.45) is 7.89. The van der Waals surface area contributed by atoms with Crippen molar-refractivity contribution in [3.05, 3.63) is 67.9 Å². The third kappa shape index (κ3) is 8.59. The van der Waals surface area contributed by atoms with Crippen molar-refractivity contribution in [2.45, 2.75) is 40.4 Å². The van der Waals surface area contributed by atoms with Crippen LogP contribution in [0.3, 0.4) is 0 Å². The Bertz CT molecular complexity index is 935. The molecule has 0 spiro atoms. The molecule has 1 aromatic heterocycles. The first-order valence-electron chi connectivity index (χ1n) is 10.1. The van der Waals surface area contributed by atoms with Gasteiger partial charge < -0.3 is 14.2 Å². The summed E-state index contributed by atoms with van der Waals surface area (Å²) in [5.74, 6) is -1.98. The third-order valence-electron chi connectivity index (χ3n) is 3.97. The summed E-state index contributed by atoms with van der Waals surface area (Å²) in [5.41, 5.74) is -2.89. The summed E-state index contributed by atoms with van der Waals surface area (Å²) < 4.78 is 16.9. The number of aromatic nitrogens is 3. The molecule has 0 bridgehead atoms. The summed E-state index contributed by atoms with van der Waals surface area (Å²) in [6, 6.07) is 0. The maximum Gasteiger partial charge on any atom is 0.336 e. The van der Waals surface area contributed by atoms with Gasteiger partial charge in [0.1, 0.15) is 19.8 Å². The lowest BCUT2D eigenvalue weighted by molar-refractivity contribution is -0.138. The lowest BCUT2D eigenvalue weighted by atomic mass is 10.5. The van der Waals surface area contributed by atoms with Crippen LogP contribution >= 0.6 is 0 Å². The van der Waals surface area contributed by atoms with E-state index in [-0.39, 0.29) is 39.5 Å². The number of rotatable bonds is 12. The van der Waals surface area contributed by atoms with Crippen molar-refractivity contribution < 1.29 is 28.6 Å². The minimum Gasteiger partial charge on any atom is -0.461 e. The zero-order valence-electron chi connectivity index (χ0n) is 18.7. The molecular formula is C21H27N3O9. The highest BCUT2D eigenvalue weighted by atomic mass is 16.5. The van der Waals surface area contributed by atoms with Crippen molar-refractivity contribution in [3.8, 4) is 0 Å². The molecule has 12 nitrogen and oxygen atoms in total. The van der Waals surface area contributed by atoms with Crippen molar-refractivity contribution in [2.24, 2.45) is 0 Å². The highest BCUT2D eigenvalue weighted by Gasteiger charge is 2.16. The Balaban J connectivity index is 3.21. The lowest BCUT2D eigenvalue weighted by Crippen LogP contribution is -2.55. The van der Waals surface area contributed by atoms with E-state index < -0.39 is 35.0 Å². The molecule has 33 heavy (non-hydrogen) atoms. The fraction of sp³-hybridized carbons (Fsp3) is 0.429. The fourth-order valence-corrected chi connectivity index (χ4v) is 2.52. The summed E-state index contributed by atoms with van der Waals surface area (Å²) in [7, 11) is 0. The van der Waals surface area contributed by atoms with Gasteiger partial charge in [-0.05, 0) is 20.8 Å². The van der Waals surface area contributed by atoms with Crippen LogP contribution < -0.4 is 17.1 Å². The summed E-state index contributed by atoms with van der Waals surface area (Å²) in [5, 5.41) is 0. The molecule has 0 saturated carbocycles. The molecule has 0 atom stereocenters. The maximum atomic E-state index is 12.7. The Morgan fingerprint density at radius 3 is 1.03 bits per heavy atom. The number of nitrogens with zero attached hydrogens (tertiary/aromatic N) is 3. The van der Waals surface area contributed by atoms with Gasteiger partial charge in [-0.1, -0.05) is 18.2 Å². The largest absolute Gasteiger partial charge is 0.461 e. The second-order valence-corrected chi connectivity index (χ2v) is 6.31. The minimum absolute atomic E-state index is 0.302. The summed E-state index contributed by atoms with van der Waals surface area (Å²) >= 11 is 0. The molecule has 0 aliphatic heterocycles. The van der Waals surface area contributed by atoms with Crippen LogP contribution in [0.2, 0.25) is 0 Å². The number of carbonyl (C=O) groups excluding carboxylic acids is 3. The molecule has 0 amide bonds. The van der Waals surface area contributed by atoms with Crippen LogP contribution in [-0.2, 0) is 48.2 Å². The molecule has 180 valence electrons. The van der Waals surface area contributed by atoms with E-state index in [4.69, 9.17) is 14.2 Å². The SMILES string of the molecule is C/C=C\C(=O)OCCn1c(=O)n(CCOC(=O)/C=C\C)c(=O)n(CCOC(=O)/C=C\C)c1=O. The third-order valence-corrected chi connectivity index (χ3v) is 3.97. The van der Waals surface area contributed by atoms with Gasteiger partial charge in [0.05, 0.1) is 19.6 Å². The van der Waals surface area contributed by atoms with Gasteiger partial charge in [0.25, 0.3) is 0 Å². The van der Waals surface area contributed by atoms with E-state index in [1.165, 1.54) is 36.5 Å². The Kier molecular flexibility index (Phi) is 11.6. The van der Waals surface area contributed by atoms with Gasteiger partial charge in [-0.3, -0.25) is 0 Å². The van der Waals surface area contributed by atoms with E-state index in [1.807, 2.05) is 0 Å². The van der Waals surface area contributed by atoms with Crippen molar-refractivity contribution >= 4 is 17.9 Å². The quantitative estimate of drug-likeness (QED) is 0.227. The predicted molar refractivity (Wildman–Crippen MR) is 117 cm³/mol. The van der Waals surface area contributed by atoms with Crippen molar-refractivity contribution in [1.29, 1.82) is 0 Å². The minimum atomic E-state index is -0.962. The Morgan fingerprint density at radius 1 is 0.576 bits per heavy atom. The molecule has 12 heteroatoms. The number of hydrogen-bond donors (Lipinski definition) is 0. The molecule has 1 rings (SSSR count). The molecular weight excluding hydrogens is 438 g/mol. The van der Waals surface area contributed by atoms with Gasteiger partial charge >= 0.3 is 35.0 Å². The number of hydrogen-bond acceptors (Lipinski definition) is 9. The zero-order chi connectivity index (χ0) is 24.8. The fourth-order valence-electron chi connectivity index (χ4n) is 2.52. The van der Waals surface area contributed by atoms with Crippen molar-refractivity contribution in [2.75, 3.05) is 19.8 Å². The molecule has 1 heterocycles. The van der Waals surface area contributed by atoms with Crippen LogP contribution in [0.1, 0.15) is 20.8 Å². The Labute approximate surface area is 189 Å². The molecule has 0 radical (unpaired) electrons. The first-order chi connectivity index (χ1) is 15.8. The van der Waals surface area contributed by atoms with Crippen LogP contribution in [0.5, 0.6) is 0 Å². The molecule has 0 aliphatic carbocycles. The van der Waals surface area contributed by atoms with Crippen LogP contribution in [0.25, 0.3) is 0 Å². The van der Waals surface area contributed by atoms with E-state index in [0.717, 1.165) is 0 Å². The first-order valence-corrected chi connectivity index (χ1v) is 10.1. The number of carbonyl (C=O) groups is 3. The van der Waals surface area contributed by atoms with Crippen molar-refractivity contribution in [3.63, 3.8) is 0 Å². The highest BCUT2D eigenvalue weighted by molar-refractivity contribution is 5.82. The summed E-state index contributed by atoms with van der Waals surface area (Å²) in [4.78, 5) is 72.6. The van der Waals surface area contributed by atoms with Gasteiger partial charge in [0.2, 0.25) is 0 Å². The van der Waals surface area contributed by atoms with Crippen molar-refractivity contribution in [1.82, 2.24) is 13.7 Å². The normalized spacial score (nSPS) is 11.4. The number of ether oxygens (including phenoxy) is 3. The van der Waals surface area contributed by atoms with E-state index in [0.29, 0.717) is 13.7 Å². The highest BCUT2D eigenvalue weighted by Crippen LogP contribution is 1.88. The maximum absolute atomic E-state index is 12.7. The zero-order valence-corrected chi connectivity index (χ0v) is 18.7. The Morgan fingerprint density at radius 2 is 0.818 bits per heavy atom. The average Bonchev–Trinajstić information content (AvgIpc) is 2.76. The van der Waals surface area contributed by atoms with E-state index in [9.17, 15) is 28.8 Å². The van der Waals surface area contributed by atoms with Crippen LogP contribution in [0, 0.1) is 0 Å². The van der Waals surface area contributed by atoms with Crippen LogP contribution in [0.15, 0.2) is 50.8 Å². The monoisotopic (exact) mass is 465 g/mol. The number of allylic oxidation sites excluding steroid dienone is 3. The van der Waals surface area contributed by atoms with E-state index in [1.54, 1.807) is 20.8 Å². The van der Waals surface area contributed by atoms with Gasteiger partial charge in [-0.2, -0.15) is 0 Å². The molecule has 0 aliphatic rings. The molecule has 1 aromatic rings. The van der Waals surface area contributed by atoms with Gasteiger partial charge in [-0.15, -0.1) is 0 Å². The van der Waals surface area contributed by atoms with Crippen LogP contribution in [0.4, 0.5) is 0 Å². The van der Waals surface area contributed by atoms with Gasteiger partial charge in [0.15, 0.2) is 0 Å². The summed E-state index contributed by atoms with van der Waals surface area (Å²) in [6.45, 7) is 2.98. The Hall–Kier alpha value is -3.96. The van der Waals surface area contributed by atoms with Crippen LogP contribution in [-0.4, -0.2) is 51.4 Å². The van der Waals surface area contributed by atoms with Gasteiger partial charge in [0, 0.05) is 18.2 Å². The second kappa shape index (κ2) is 14.2. The second-order valence-electron chi connectivity index (χ2n) is 6.31. The molecule has 0 fully saturated rings. The molecule has 0 unspecified atom stereocenters. The van der Waals surface area contributed by atoms with Gasteiger partial charge in [-0.25, -0.2) is 42.5 Å². The molecule has 0 N–H and O–H groups in total. The smallest absolute Gasteiger partial charge is 0.336 e. The molecule has 0 aromatic carbocycles. The number of esters is 3. The standard InChI is InChI=1S/C21H27N3O9/c1-4-7-16(25)31-13-10-22-19(28)23(11-14-32-17(26)8-5-2)21(30)24(20(22)29)12-15-33-18(27)9-6-3/h4-9H,10-15H2,1-3H3/b7-4-,8-5-,9-6-. The first kappa shape index (κ1) is 27.1. The van der Waals surface area contributed by atoms with E-state index in [2.05, 4.69) is 0 Å².